The first-order valence-corrected chi connectivity index (χ1v) is 8.21. The van der Waals surface area contributed by atoms with Gasteiger partial charge in [-0.3, -0.25) is 0 Å². The molecule has 0 unspecified atom stereocenters. The zero-order chi connectivity index (χ0) is 16.9. The van der Waals surface area contributed by atoms with Crippen LogP contribution in [0.15, 0.2) is 26.0 Å². The molecule has 2 nitrogen and oxygen atoms in total. The molecule has 0 aliphatic heterocycles. The standard InChI is InChI=1S/C9H6Br2F7NOS/c10-5-1-4(2-6(11)7(5)19)21(17,18,20)9(15,16)3-8(12,13)14/h1-2H,3,19H2. The predicted molar refractivity (Wildman–Crippen MR) is 70.5 cm³/mol. The van der Waals surface area contributed by atoms with Crippen LogP contribution in [0.25, 0.3) is 0 Å². The molecule has 122 valence electrons. The Balaban J connectivity index is 3.53. The van der Waals surface area contributed by atoms with E-state index in [1.807, 2.05) is 0 Å². The van der Waals surface area contributed by atoms with Gasteiger partial charge in [-0.2, -0.15) is 22.0 Å². The SMILES string of the molecule is Nc1c(Br)cc(S(=O)(F)(F)C(F)(F)CC(F)(F)F)cc1Br. The highest BCUT2D eigenvalue weighted by Gasteiger charge is 2.66. The summed E-state index contributed by atoms with van der Waals surface area (Å²) in [6, 6.07) is 0.610. The fourth-order valence-electron chi connectivity index (χ4n) is 1.28. The smallest absolute Gasteiger partial charge is 0.396 e. The maximum Gasteiger partial charge on any atom is 0.396 e. The van der Waals surface area contributed by atoms with E-state index in [1.54, 1.807) is 0 Å². The molecule has 0 saturated carbocycles. The summed E-state index contributed by atoms with van der Waals surface area (Å²) >= 11 is 5.33. The van der Waals surface area contributed by atoms with Crippen molar-refractivity contribution in [1.82, 2.24) is 0 Å². The number of alkyl halides is 5. The van der Waals surface area contributed by atoms with E-state index in [-0.39, 0.29) is 14.6 Å². The number of nitrogen functional groups attached to an aromatic ring is 1. The minimum Gasteiger partial charge on any atom is -0.397 e. The van der Waals surface area contributed by atoms with Gasteiger partial charge in [0, 0.05) is 8.95 Å². The fraction of sp³-hybridized carbons (Fsp3) is 0.333. The first-order chi connectivity index (χ1) is 9.06. The lowest BCUT2D eigenvalue weighted by Crippen LogP contribution is -2.45. The van der Waals surface area contributed by atoms with Crippen LogP contribution >= 0.6 is 31.9 Å². The third-order valence-electron chi connectivity index (χ3n) is 2.35. The number of hydrogen-bond acceptors (Lipinski definition) is 2. The molecular formula is C9H6Br2F7NOS. The average Bonchev–Trinajstić information content (AvgIpc) is 2.20. The lowest BCUT2D eigenvalue weighted by atomic mass is 10.3. The normalized spacial score (nSPS) is 15.6. The van der Waals surface area contributed by atoms with Gasteiger partial charge in [-0.25, -0.2) is 4.21 Å². The molecule has 0 aliphatic rings. The second-order valence-corrected chi connectivity index (χ2v) is 8.29. The van der Waals surface area contributed by atoms with E-state index < -0.39 is 32.6 Å². The number of benzene rings is 1. The maximum atomic E-state index is 13.9. The van der Waals surface area contributed by atoms with Crippen molar-refractivity contribution in [1.29, 1.82) is 0 Å². The molecule has 1 rings (SSSR count). The zero-order valence-corrected chi connectivity index (χ0v) is 13.6. The lowest BCUT2D eigenvalue weighted by molar-refractivity contribution is -0.169. The van der Waals surface area contributed by atoms with Crippen molar-refractivity contribution in [3.05, 3.63) is 21.1 Å². The first kappa shape index (κ1) is 18.7. The van der Waals surface area contributed by atoms with Gasteiger partial charge < -0.3 is 5.73 Å². The monoisotopic (exact) mass is 467 g/mol. The zero-order valence-electron chi connectivity index (χ0n) is 9.66. The average molecular weight is 469 g/mol. The van der Waals surface area contributed by atoms with Crippen molar-refractivity contribution >= 4 is 47.4 Å². The third kappa shape index (κ3) is 3.52. The highest BCUT2D eigenvalue weighted by Crippen LogP contribution is 2.56. The third-order valence-corrected chi connectivity index (χ3v) is 5.82. The summed E-state index contributed by atoms with van der Waals surface area (Å²) in [5.41, 5.74) is 5.19. The van der Waals surface area contributed by atoms with Crippen molar-refractivity contribution in [3.8, 4) is 0 Å². The van der Waals surface area contributed by atoms with Gasteiger partial charge in [0.05, 0.1) is 10.6 Å². The van der Waals surface area contributed by atoms with Crippen molar-refractivity contribution in [2.45, 2.75) is 22.7 Å². The molecule has 0 aromatic heterocycles. The number of rotatable bonds is 3. The Kier molecular flexibility index (Phi) is 4.52. The van der Waals surface area contributed by atoms with Gasteiger partial charge in [0.15, 0.2) is 0 Å². The molecule has 0 aliphatic carbocycles. The van der Waals surface area contributed by atoms with Crippen molar-refractivity contribution in [2.75, 3.05) is 5.73 Å². The Morgan fingerprint density at radius 3 is 1.76 bits per heavy atom. The quantitative estimate of drug-likeness (QED) is 0.372. The van der Waals surface area contributed by atoms with Gasteiger partial charge >= 0.3 is 11.4 Å². The van der Waals surface area contributed by atoms with E-state index in [4.69, 9.17) is 5.73 Å². The summed E-state index contributed by atoms with van der Waals surface area (Å²) < 4.78 is 101. The van der Waals surface area contributed by atoms with Gasteiger partial charge in [-0.1, -0.05) is 0 Å². The molecule has 0 saturated heterocycles. The molecule has 0 spiro atoms. The van der Waals surface area contributed by atoms with Crippen LogP contribution in [0.2, 0.25) is 0 Å². The number of hydrogen-bond donors (Lipinski definition) is 1. The van der Waals surface area contributed by atoms with E-state index in [2.05, 4.69) is 31.9 Å². The first-order valence-electron chi connectivity index (χ1n) is 4.86. The fourth-order valence-corrected chi connectivity index (χ4v) is 4.15. The minimum atomic E-state index is -8.12. The van der Waals surface area contributed by atoms with Crippen molar-refractivity contribution < 1.29 is 33.9 Å². The van der Waals surface area contributed by atoms with E-state index in [1.165, 1.54) is 0 Å². The van der Waals surface area contributed by atoms with Crippen LogP contribution in [0.3, 0.4) is 0 Å². The van der Waals surface area contributed by atoms with Gasteiger partial charge in [-0.15, -0.1) is 7.77 Å². The highest BCUT2D eigenvalue weighted by atomic mass is 79.9. The summed E-state index contributed by atoms with van der Waals surface area (Å²) in [5.74, 6) is 0. The summed E-state index contributed by atoms with van der Waals surface area (Å²) in [5, 5.41) is -5.79. The molecule has 0 atom stereocenters. The summed E-state index contributed by atoms with van der Waals surface area (Å²) in [7, 11) is -8.12. The predicted octanol–water partition coefficient (Wildman–Crippen LogP) is 5.29. The molecule has 0 radical (unpaired) electrons. The lowest BCUT2D eigenvalue weighted by Gasteiger charge is -2.34. The van der Waals surface area contributed by atoms with Gasteiger partial charge in [-0.05, 0) is 44.0 Å². The number of nitrogens with two attached hydrogens (primary N) is 1. The molecular weight excluding hydrogens is 463 g/mol. The van der Waals surface area contributed by atoms with Crippen LogP contribution in [0.5, 0.6) is 0 Å². The van der Waals surface area contributed by atoms with E-state index in [0.29, 0.717) is 12.1 Å². The Morgan fingerprint density at radius 1 is 1.05 bits per heavy atom. The topological polar surface area (TPSA) is 43.1 Å². The maximum absolute atomic E-state index is 13.9. The van der Waals surface area contributed by atoms with E-state index >= 15 is 0 Å². The second-order valence-electron chi connectivity index (χ2n) is 3.99. The van der Waals surface area contributed by atoms with Gasteiger partial charge in [0.25, 0.3) is 0 Å². The van der Waals surface area contributed by atoms with Crippen molar-refractivity contribution in [3.63, 3.8) is 0 Å². The largest absolute Gasteiger partial charge is 0.397 e. The Bertz CT molecular complexity index is 616. The summed E-state index contributed by atoms with van der Waals surface area (Å²) in [4.78, 5) is -1.74. The van der Waals surface area contributed by atoms with Gasteiger partial charge in [0.2, 0.25) is 9.84 Å². The molecule has 1 aromatic rings. The van der Waals surface area contributed by atoms with Crippen LogP contribution in [0.1, 0.15) is 6.42 Å². The summed E-state index contributed by atoms with van der Waals surface area (Å²) in [6.07, 6.45) is -8.83. The van der Waals surface area contributed by atoms with Crippen LogP contribution in [0.4, 0.5) is 35.4 Å². The molecule has 0 heterocycles. The molecule has 0 bridgehead atoms. The second kappa shape index (κ2) is 5.08. The molecule has 0 fully saturated rings. The Hall–Kier alpha value is -0.360. The molecule has 21 heavy (non-hydrogen) atoms. The molecule has 12 heteroatoms. The number of halogens is 9. The Labute approximate surface area is 131 Å². The van der Waals surface area contributed by atoms with Crippen LogP contribution in [0, 0.1) is 0 Å². The molecule has 0 amide bonds. The van der Waals surface area contributed by atoms with Gasteiger partial charge in [0.1, 0.15) is 6.42 Å². The van der Waals surface area contributed by atoms with E-state index in [0.717, 1.165) is 0 Å². The van der Waals surface area contributed by atoms with E-state index in [9.17, 15) is 33.9 Å². The Morgan fingerprint density at radius 2 is 1.43 bits per heavy atom. The van der Waals surface area contributed by atoms with Crippen molar-refractivity contribution in [2.24, 2.45) is 0 Å². The van der Waals surface area contributed by atoms with Crippen LogP contribution < -0.4 is 5.73 Å². The molecule has 2 N–H and O–H groups in total. The highest BCUT2D eigenvalue weighted by molar-refractivity contribution is 9.11. The molecule has 1 aromatic carbocycles. The number of anilines is 1. The van der Waals surface area contributed by atoms with Crippen LogP contribution in [-0.4, -0.2) is 15.6 Å². The minimum absolute atomic E-state index is 0.166. The summed E-state index contributed by atoms with van der Waals surface area (Å²) in [6.45, 7) is 0. The van der Waals surface area contributed by atoms with Crippen LogP contribution in [-0.2, 0) is 9.84 Å².